The van der Waals surface area contributed by atoms with E-state index in [1.54, 1.807) is 43.4 Å². The van der Waals surface area contributed by atoms with E-state index in [4.69, 9.17) is 20.9 Å². The van der Waals surface area contributed by atoms with E-state index in [9.17, 15) is 13.2 Å². The lowest BCUT2D eigenvalue weighted by Gasteiger charge is -2.26. The van der Waals surface area contributed by atoms with Crippen molar-refractivity contribution in [1.82, 2.24) is 19.3 Å². The van der Waals surface area contributed by atoms with Crippen LogP contribution in [0.3, 0.4) is 0 Å². The molecule has 0 aliphatic carbocycles. The molecule has 0 N–H and O–H groups in total. The number of nitrogens with zero attached hydrogens (tertiary/aromatic N) is 4. The molecule has 9 nitrogen and oxygen atoms in total. The second kappa shape index (κ2) is 11.4. The van der Waals surface area contributed by atoms with Gasteiger partial charge in [0.15, 0.2) is 0 Å². The zero-order valence-corrected chi connectivity index (χ0v) is 21.9. The fraction of sp³-hybridized carbons (Fsp3) is 0.400. The van der Waals surface area contributed by atoms with Crippen molar-refractivity contribution >= 4 is 27.5 Å². The molecule has 0 radical (unpaired) electrons. The largest absolute Gasteiger partial charge is 0.496 e. The van der Waals surface area contributed by atoms with E-state index in [1.807, 2.05) is 6.07 Å². The molecule has 11 heteroatoms. The quantitative estimate of drug-likeness (QED) is 0.407. The van der Waals surface area contributed by atoms with Crippen LogP contribution in [-0.2, 0) is 27.8 Å². The van der Waals surface area contributed by atoms with E-state index in [2.05, 4.69) is 10.1 Å². The van der Waals surface area contributed by atoms with E-state index in [0.29, 0.717) is 47.6 Å². The number of piperidine rings is 1. The van der Waals surface area contributed by atoms with Gasteiger partial charge in [-0.05, 0) is 55.2 Å². The first kappa shape index (κ1) is 26.1. The molecule has 2 heterocycles. The Morgan fingerprint density at radius 1 is 1.17 bits per heavy atom. The fourth-order valence-corrected chi connectivity index (χ4v) is 5.91. The molecule has 0 spiro atoms. The monoisotopic (exact) mass is 532 g/mol. The average Bonchev–Trinajstić information content (AvgIpc) is 3.36. The maximum absolute atomic E-state index is 13.1. The molecule has 3 aromatic rings. The summed E-state index contributed by atoms with van der Waals surface area (Å²) in [6, 6.07) is 11.9. The Labute approximate surface area is 216 Å². The van der Waals surface area contributed by atoms with E-state index < -0.39 is 10.0 Å². The highest BCUT2D eigenvalue weighted by atomic mass is 35.5. The van der Waals surface area contributed by atoms with Gasteiger partial charge >= 0.3 is 0 Å². The predicted octanol–water partition coefficient (Wildman–Crippen LogP) is 4.16. The zero-order chi connectivity index (χ0) is 25.7. The van der Waals surface area contributed by atoms with Gasteiger partial charge in [-0.25, -0.2) is 8.42 Å². The van der Waals surface area contributed by atoms with Crippen molar-refractivity contribution in [3.05, 3.63) is 58.9 Å². The highest BCUT2D eigenvalue weighted by Crippen LogP contribution is 2.27. The van der Waals surface area contributed by atoms with Gasteiger partial charge in [0.1, 0.15) is 5.75 Å². The number of halogens is 1. The molecule has 1 aromatic heterocycles. The first-order valence-corrected chi connectivity index (χ1v) is 13.6. The summed E-state index contributed by atoms with van der Waals surface area (Å²) in [5.41, 5.74) is 1.39. The number of ether oxygens (including phenoxy) is 1. The van der Waals surface area contributed by atoms with Gasteiger partial charge in [0.2, 0.25) is 27.6 Å². The first-order valence-electron chi connectivity index (χ1n) is 11.8. The van der Waals surface area contributed by atoms with Crippen LogP contribution < -0.4 is 4.74 Å². The van der Waals surface area contributed by atoms with Crippen LogP contribution in [0, 0.1) is 0 Å². The molecule has 192 valence electrons. The summed E-state index contributed by atoms with van der Waals surface area (Å²) < 4.78 is 38.4. The van der Waals surface area contributed by atoms with Crippen LogP contribution in [0.25, 0.3) is 11.4 Å². The smallest absolute Gasteiger partial charge is 0.246 e. The van der Waals surface area contributed by atoms with Crippen molar-refractivity contribution in [2.24, 2.45) is 0 Å². The van der Waals surface area contributed by atoms with Gasteiger partial charge in [0, 0.05) is 37.1 Å². The summed E-state index contributed by atoms with van der Waals surface area (Å²) in [4.78, 5) is 18.9. The number of methoxy groups -OCH3 is 1. The number of aromatic nitrogens is 2. The second-order valence-electron chi connectivity index (χ2n) is 8.71. The number of carbonyl (C=O) groups is 1. The number of benzene rings is 2. The Bertz CT molecular complexity index is 1320. The Kier molecular flexibility index (Phi) is 8.28. The summed E-state index contributed by atoms with van der Waals surface area (Å²) in [5.74, 6) is 1.09. The summed E-state index contributed by atoms with van der Waals surface area (Å²) in [6.45, 7) is 1.20. The van der Waals surface area contributed by atoms with Crippen LogP contribution in [-0.4, -0.2) is 60.9 Å². The van der Waals surface area contributed by atoms with Crippen LogP contribution in [0.5, 0.6) is 5.75 Å². The van der Waals surface area contributed by atoms with Gasteiger partial charge in [-0.2, -0.15) is 9.29 Å². The molecule has 1 aliphatic rings. The van der Waals surface area contributed by atoms with Crippen molar-refractivity contribution < 1.29 is 22.5 Å². The molecule has 1 fully saturated rings. The Morgan fingerprint density at radius 3 is 2.67 bits per heavy atom. The molecule has 0 unspecified atom stereocenters. The van der Waals surface area contributed by atoms with Crippen molar-refractivity contribution in [2.45, 2.75) is 43.5 Å². The minimum Gasteiger partial charge on any atom is -0.496 e. The van der Waals surface area contributed by atoms with Crippen LogP contribution in [0.15, 0.2) is 51.9 Å². The van der Waals surface area contributed by atoms with Gasteiger partial charge in [0.05, 0.1) is 18.6 Å². The number of hydrogen-bond acceptors (Lipinski definition) is 7. The number of carbonyl (C=O) groups excluding carboxylic acids is 1. The van der Waals surface area contributed by atoms with Gasteiger partial charge in [-0.1, -0.05) is 35.3 Å². The van der Waals surface area contributed by atoms with E-state index in [0.717, 1.165) is 24.8 Å². The Hall–Kier alpha value is -2.95. The summed E-state index contributed by atoms with van der Waals surface area (Å²) >= 11 is 6.02. The lowest BCUT2D eigenvalue weighted by atomic mass is 10.1. The third kappa shape index (κ3) is 6.05. The first-order chi connectivity index (χ1) is 17.3. The Morgan fingerprint density at radius 2 is 1.94 bits per heavy atom. The van der Waals surface area contributed by atoms with E-state index >= 15 is 0 Å². The zero-order valence-electron chi connectivity index (χ0n) is 20.3. The topological polar surface area (TPSA) is 106 Å². The molecule has 0 atom stereocenters. The second-order valence-corrected chi connectivity index (χ2v) is 11.1. The normalized spacial score (nSPS) is 14.5. The van der Waals surface area contributed by atoms with Crippen LogP contribution >= 0.6 is 11.6 Å². The molecule has 1 aliphatic heterocycles. The van der Waals surface area contributed by atoms with Crippen LogP contribution in [0.1, 0.15) is 37.1 Å². The van der Waals surface area contributed by atoms with Crippen LogP contribution in [0.2, 0.25) is 5.02 Å². The molecule has 0 saturated carbocycles. The number of rotatable bonds is 9. The van der Waals surface area contributed by atoms with E-state index in [-0.39, 0.29) is 23.8 Å². The van der Waals surface area contributed by atoms with Crippen molar-refractivity contribution in [3.63, 3.8) is 0 Å². The molecule has 1 amide bonds. The van der Waals surface area contributed by atoms with Gasteiger partial charge < -0.3 is 14.2 Å². The van der Waals surface area contributed by atoms with Gasteiger partial charge in [-0.15, -0.1) is 0 Å². The third-order valence-electron chi connectivity index (χ3n) is 6.16. The molecule has 36 heavy (non-hydrogen) atoms. The lowest BCUT2D eigenvalue weighted by Crippen LogP contribution is -2.35. The molecular formula is C25H29ClN4O5S. The van der Waals surface area contributed by atoms with Crippen molar-refractivity contribution in [1.29, 1.82) is 0 Å². The summed E-state index contributed by atoms with van der Waals surface area (Å²) in [5, 5.41) is 4.53. The van der Waals surface area contributed by atoms with Crippen LogP contribution in [0.4, 0.5) is 0 Å². The molecule has 1 saturated heterocycles. The average molecular weight is 533 g/mol. The maximum atomic E-state index is 13.1. The third-order valence-corrected chi connectivity index (χ3v) is 8.29. The molecule has 0 bridgehead atoms. The number of sulfonamides is 1. The minimum atomic E-state index is -3.58. The highest BCUT2D eigenvalue weighted by molar-refractivity contribution is 7.89. The lowest BCUT2D eigenvalue weighted by molar-refractivity contribution is -0.130. The maximum Gasteiger partial charge on any atom is 0.246 e. The van der Waals surface area contributed by atoms with E-state index in [1.165, 1.54) is 16.3 Å². The fourth-order valence-electron chi connectivity index (χ4n) is 4.15. The summed E-state index contributed by atoms with van der Waals surface area (Å²) in [7, 11) is -0.403. The Balaban J connectivity index is 1.40. The highest BCUT2D eigenvalue weighted by Gasteiger charge is 2.27. The van der Waals surface area contributed by atoms with Gasteiger partial charge in [0.25, 0.3) is 0 Å². The number of aryl methyl sites for hydroxylation is 1. The molecular weight excluding hydrogens is 504 g/mol. The molecule has 2 aromatic carbocycles. The summed E-state index contributed by atoms with van der Waals surface area (Å²) in [6.07, 6.45) is 3.26. The minimum absolute atomic E-state index is 0.146. The number of hydrogen-bond donors (Lipinski definition) is 0. The van der Waals surface area contributed by atoms with Crippen molar-refractivity contribution in [3.8, 4) is 17.1 Å². The SMILES string of the molecule is COc1ccc(S(=O)(=O)N2CCCCC2)cc1CCC(=O)N(C)Cc1nc(-c2cccc(Cl)c2)no1. The number of amides is 1. The molecule has 4 rings (SSSR count). The standard InChI is InChI=1S/C25H29ClN4O5S/c1-29(17-23-27-25(28-35-23)19-7-6-8-20(26)15-19)24(31)12-9-18-16-21(10-11-22(18)34-2)36(32,33)30-13-4-3-5-14-30/h6-8,10-11,15-16H,3-5,9,12-14,17H2,1-2H3. The van der Waals surface area contributed by atoms with Crippen molar-refractivity contribution in [2.75, 3.05) is 27.2 Å². The predicted molar refractivity (Wildman–Crippen MR) is 135 cm³/mol. The van der Waals surface area contributed by atoms with Gasteiger partial charge in [-0.3, -0.25) is 4.79 Å².